The van der Waals surface area contributed by atoms with Gasteiger partial charge >= 0.3 is 9.46 Å². The highest BCUT2D eigenvalue weighted by Gasteiger charge is 2.26. The van der Waals surface area contributed by atoms with Crippen molar-refractivity contribution in [3.05, 3.63) is 35.4 Å². The van der Waals surface area contributed by atoms with Crippen LogP contribution in [0.25, 0.3) is 0 Å². The first-order chi connectivity index (χ1) is 15.6. The summed E-state index contributed by atoms with van der Waals surface area (Å²) in [4.78, 5) is 0. The van der Waals surface area contributed by atoms with Gasteiger partial charge in [-0.1, -0.05) is 134 Å². The average Bonchev–Trinajstić information content (AvgIpc) is 2.80. The van der Waals surface area contributed by atoms with E-state index in [1.54, 1.807) is 0 Å². The van der Waals surface area contributed by atoms with E-state index in [4.69, 9.17) is 11.6 Å². The maximum atomic E-state index is 13.8. The van der Waals surface area contributed by atoms with Crippen LogP contribution in [0.1, 0.15) is 140 Å². The molecule has 0 fully saturated rings. The van der Waals surface area contributed by atoms with Gasteiger partial charge in [0, 0.05) is 11.4 Å². The second-order valence-corrected chi connectivity index (χ2v) is 11.7. The van der Waals surface area contributed by atoms with Crippen LogP contribution in [0.4, 0.5) is 8.22 Å². The quantitative estimate of drug-likeness (QED) is 0.0700. The lowest BCUT2D eigenvalue weighted by molar-refractivity contribution is 0.487. The molecule has 0 aliphatic heterocycles. The summed E-state index contributed by atoms with van der Waals surface area (Å²) in [5.74, 6) is 0.615. The van der Waals surface area contributed by atoms with Gasteiger partial charge in [-0.3, -0.25) is 8.22 Å². The molecule has 4 heteroatoms. The van der Waals surface area contributed by atoms with Gasteiger partial charge in [-0.25, -0.2) is 0 Å². The molecule has 0 radical (unpaired) electrons. The number of alkyl halides is 1. The summed E-state index contributed by atoms with van der Waals surface area (Å²) in [5.41, 5.74) is 1.87. The van der Waals surface area contributed by atoms with Gasteiger partial charge in [0.05, 0.1) is 0 Å². The molecule has 1 aromatic rings. The minimum Gasteiger partial charge on any atom is -0.274 e. The Morgan fingerprint density at radius 3 is 1.69 bits per heavy atom. The van der Waals surface area contributed by atoms with Crippen molar-refractivity contribution in [2.24, 2.45) is 0 Å². The van der Waals surface area contributed by atoms with Gasteiger partial charge in [0.25, 0.3) is 0 Å². The molecule has 1 aromatic carbocycles. The van der Waals surface area contributed by atoms with E-state index < -0.39 is 9.46 Å². The summed E-state index contributed by atoms with van der Waals surface area (Å²) in [6.07, 6.45) is 21.1. The highest BCUT2D eigenvalue weighted by Crippen LogP contribution is 2.35. The predicted octanol–water partition coefficient (Wildman–Crippen LogP) is 10.7. The number of halogens is 3. The van der Waals surface area contributed by atoms with Crippen molar-refractivity contribution >= 4 is 21.1 Å². The first kappa shape index (κ1) is 29.6. The van der Waals surface area contributed by atoms with Crippen LogP contribution >= 0.6 is 11.6 Å². The lowest BCUT2D eigenvalue weighted by atomic mass is 9.91. The number of rotatable bonds is 21. The summed E-state index contributed by atoms with van der Waals surface area (Å²) in [7, 11) is -3.62. The number of unbranched alkanes of at least 4 members (excludes halogenated alkanes) is 14. The van der Waals surface area contributed by atoms with Crippen LogP contribution < -0.4 is 0 Å². The van der Waals surface area contributed by atoms with E-state index in [0.29, 0.717) is 18.7 Å². The van der Waals surface area contributed by atoms with Crippen LogP contribution in [0.5, 0.6) is 0 Å². The van der Waals surface area contributed by atoms with E-state index in [1.165, 1.54) is 83.5 Å². The SMILES string of the molecule is CCCCCCCCCCCCCCCCCC(CC(C)c1ccccc1CCl)[SiH](F)F. The molecule has 0 spiro atoms. The molecule has 0 aromatic heterocycles. The maximum absolute atomic E-state index is 13.8. The molecule has 0 heterocycles. The minimum absolute atomic E-state index is 0.160. The smallest absolute Gasteiger partial charge is 0.274 e. The van der Waals surface area contributed by atoms with Crippen LogP contribution in [-0.2, 0) is 5.88 Å². The number of hydrogen-bond acceptors (Lipinski definition) is 0. The fourth-order valence-corrected chi connectivity index (χ4v) is 6.19. The van der Waals surface area contributed by atoms with Crippen LogP contribution in [-0.4, -0.2) is 9.46 Å². The molecule has 0 N–H and O–H groups in total. The first-order valence-electron chi connectivity index (χ1n) is 13.5. The van der Waals surface area contributed by atoms with Crippen molar-refractivity contribution in [2.75, 3.05) is 0 Å². The highest BCUT2D eigenvalue weighted by molar-refractivity contribution is 6.44. The Bertz CT molecular complexity index is 552. The second-order valence-electron chi connectivity index (χ2n) is 9.80. The number of hydrogen-bond donors (Lipinski definition) is 0. The van der Waals surface area contributed by atoms with Crippen LogP contribution in [0.15, 0.2) is 24.3 Å². The van der Waals surface area contributed by atoms with E-state index in [2.05, 4.69) is 19.9 Å². The van der Waals surface area contributed by atoms with Gasteiger partial charge in [0.2, 0.25) is 0 Å². The van der Waals surface area contributed by atoms with Crippen molar-refractivity contribution in [3.8, 4) is 0 Å². The van der Waals surface area contributed by atoms with E-state index in [1.807, 2.05) is 18.2 Å². The van der Waals surface area contributed by atoms with E-state index in [0.717, 1.165) is 24.0 Å². The summed E-state index contributed by atoms with van der Waals surface area (Å²) < 4.78 is 27.5. The Morgan fingerprint density at radius 2 is 1.22 bits per heavy atom. The van der Waals surface area contributed by atoms with Gasteiger partial charge in [-0.05, 0) is 29.9 Å². The van der Waals surface area contributed by atoms with Gasteiger partial charge in [0.1, 0.15) is 0 Å². The third-order valence-corrected chi connectivity index (χ3v) is 8.53. The fraction of sp³-hybridized carbons (Fsp3) is 0.786. The molecule has 0 aliphatic rings. The molecule has 0 aliphatic carbocycles. The Morgan fingerprint density at radius 1 is 0.750 bits per heavy atom. The molecule has 0 amide bonds. The van der Waals surface area contributed by atoms with Gasteiger partial charge in [-0.2, -0.15) is 0 Å². The monoisotopic (exact) mass is 486 g/mol. The Hall–Kier alpha value is -0.413. The molecule has 32 heavy (non-hydrogen) atoms. The summed E-state index contributed by atoms with van der Waals surface area (Å²) in [5, 5.41) is 0. The third kappa shape index (κ3) is 14.0. The lowest BCUT2D eigenvalue weighted by Crippen LogP contribution is -2.13. The van der Waals surface area contributed by atoms with E-state index >= 15 is 0 Å². The minimum atomic E-state index is -3.62. The van der Waals surface area contributed by atoms with Crippen molar-refractivity contribution in [1.29, 1.82) is 0 Å². The molecule has 0 nitrogen and oxygen atoms in total. The van der Waals surface area contributed by atoms with Crippen molar-refractivity contribution < 1.29 is 8.22 Å². The topological polar surface area (TPSA) is 0 Å². The van der Waals surface area contributed by atoms with E-state index in [9.17, 15) is 8.22 Å². The largest absolute Gasteiger partial charge is 0.414 e. The van der Waals surface area contributed by atoms with Gasteiger partial charge in [-0.15, -0.1) is 11.6 Å². The number of benzene rings is 1. The molecule has 0 saturated heterocycles. The zero-order valence-corrected chi connectivity index (χ0v) is 22.8. The van der Waals surface area contributed by atoms with Gasteiger partial charge < -0.3 is 0 Å². The standard InChI is InChI=1S/C28H49ClF2Si/c1-3-4-5-6-7-8-9-10-11-12-13-14-15-16-17-21-27(32(30)31)23-25(2)28-22-19-18-20-26(28)24-29/h18-20,22,25,27,32H,3-17,21,23-24H2,1-2H3. The molecule has 0 bridgehead atoms. The Balaban J connectivity index is 2.06. The zero-order chi connectivity index (χ0) is 23.4. The molecular formula is C28H49ClF2Si. The highest BCUT2D eigenvalue weighted by atomic mass is 35.5. The third-order valence-electron chi connectivity index (χ3n) is 6.92. The van der Waals surface area contributed by atoms with Crippen LogP contribution in [0, 0.1) is 0 Å². The summed E-state index contributed by atoms with van der Waals surface area (Å²) >= 11 is 6.04. The van der Waals surface area contributed by atoms with Crippen molar-refractivity contribution in [3.63, 3.8) is 0 Å². The first-order valence-corrected chi connectivity index (χ1v) is 15.6. The lowest BCUT2D eigenvalue weighted by Gasteiger charge is -2.21. The molecule has 2 atom stereocenters. The maximum Gasteiger partial charge on any atom is 0.414 e. The van der Waals surface area contributed by atoms with Gasteiger partial charge in [0.15, 0.2) is 0 Å². The normalized spacial score (nSPS) is 13.6. The molecule has 1 rings (SSSR count). The van der Waals surface area contributed by atoms with E-state index in [-0.39, 0.29) is 11.5 Å². The second kappa shape index (κ2) is 20.0. The zero-order valence-electron chi connectivity index (χ0n) is 20.9. The predicted molar refractivity (Wildman–Crippen MR) is 142 cm³/mol. The molecule has 0 saturated carbocycles. The Kier molecular flexibility index (Phi) is 18.5. The average molecular weight is 487 g/mol. The van der Waals surface area contributed by atoms with Crippen molar-refractivity contribution in [2.45, 2.75) is 140 Å². The molecule has 186 valence electrons. The van der Waals surface area contributed by atoms with Crippen LogP contribution in [0.3, 0.4) is 0 Å². The van der Waals surface area contributed by atoms with Crippen molar-refractivity contribution in [1.82, 2.24) is 0 Å². The molecule has 2 unspecified atom stereocenters. The summed E-state index contributed by atoms with van der Waals surface area (Å²) in [6, 6.07) is 8.04. The summed E-state index contributed by atoms with van der Waals surface area (Å²) in [6.45, 7) is 4.36. The molecular weight excluding hydrogens is 438 g/mol. The van der Waals surface area contributed by atoms with Crippen LogP contribution in [0.2, 0.25) is 5.54 Å². The fourth-order valence-electron chi connectivity index (χ4n) is 4.84. The Labute approximate surface area is 204 Å².